The van der Waals surface area contributed by atoms with Crippen molar-refractivity contribution in [3.63, 3.8) is 0 Å². The highest BCUT2D eigenvalue weighted by Gasteiger charge is 2.51. The second kappa shape index (κ2) is 38.2. The van der Waals surface area contributed by atoms with Crippen LogP contribution < -0.4 is 0 Å². The van der Waals surface area contributed by atoms with Crippen LogP contribution in [0.25, 0.3) is 0 Å². The Morgan fingerprint density at radius 2 is 0.738 bits per heavy atom. The van der Waals surface area contributed by atoms with Gasteiger partial charge in [0.05, 0.1) is 6.61 Å². The van der Waals surface area contributed by atoms with Crippen LogP contribution in [0, 0.1) is 0 Å². The molecule has 362 valence electrons. The van der Waals surface area contributed by atoms with Crippen LogP contribution in [0.5, 0.6) is 0 Å². The van der Waals surface area contributed by atoms with Crippen molar-refractivity contribution in [2.24, 2.45) is 0 Å². The molecule has 1 aliphatic rings. The van der Waals surface area contributed by atoms with E-state index in [4.69, 9.17) is 18.5 Å². The van der Waals surface area contributed by atoms with E-state index in [1.54, 1.807) is 0 Å². The summed E-state index contributed by atoms with van der Waals surface area (Å²) in [6, 6.07) is 0. The lowest BCUT2D eigenvalue weighted by atomic mass is 9.85. The van der Waals surface area contributed by atoms with Gasteiger partial charge in [0.1, 0.15) is 43.2 Å². The minimum Gasteiger partial charge on any atom is -0.462 e. The topological polar surface area (TPSA) is 210 Å². The zero-order chi connectivity index (χ0) is 45.0. The zero-order valence-corrected chi connectivity index (χ0v) is 39.4. The van der Waals surface area contributed by atoms with Crippen molar-refractivity contribution in [3.05, 3.63) is 0 Å². The third kappa shape index (κ3) is 30.6. The van der Waals surface area contributed by atoms with Gasteiger partial charge >= 0.3 is 19.8 Å². The molecule has 0 saturated heterocycles. The number of phosphoric ester groups is 1. The van der Waals surface area contributed by atoms with E-state index >= 15 is 0 Å². The molecule has 6 N–H and O–H groups in total. The first-order chi connectivity index (χ1) is 29.4. The van der Waals surface area contributed by atoms with Gasteiger partial charge in [-0.25, -0.2) is 4.57 Å². The van der Waals surface area contributed by atoms with Crippen LogP contribution in [0.4, 0.5) is 0 Å². The fraction of sp³-hybridized carbons (Fsp3) is 0.957. The van der Waals surface area contributed by atoms with Gasteiger partial charge in [-0.05, 0) is 12.8 Å². The van der Waals surface area contributed by atoms with Crippen molar-refractivity contribution in [3.8, 4) is 0 Å². The highest BCUT2D eigenvalue weighted by atomic mass is 31.2. The lowest BCUT2D eigenvalue weighted by molar-refractivity contribution is -0.220. The first kappa shape index (κ1) is 57.9. The summed E-state index contributed by atoms with van der Waals surface area (Å²) in [6.45, 7) is 3.34. The summed E-state index contributed by atoms with van der Waals surface area (Å²) in [6.07, 6.45) is 25.8. The minimum atomic E-state index is -5.11. The van der Waals surface area contributed by atoms with E-state index in [-0.39, 0.29) is 12.8 Å². The van der Waals surface area contributed by atoms with E-state index in [9.17, 15) is 44.6 Å². The molecule has 0 aliphatic heterocycles. The maximum absolute atomic E-state index is 12.8. The largest absolute Gasteiger partial charge is 0.472 e. The molecule has 13 nitrogen and oxygen atoms in total. The van der Waals surface area contributed by atoms with Gasteiger partial charge in [-0.1, -0.05) is 206 Å². The smallest absolute Gasteiger partial charge is 0.462 e. The molecule has 1 rings (SSSR count). The van der Waals surface area contributed by atoms with E-state index in [1.807, 2.05) is 0 Å². The average molecular weight is 895 g/mol. The minimum absolute atomic E-state index is 0.105. The van der Waals surface area contributed by atoms with Crippen molar-refractivity contribution in [2.45, 2.75) is 275 Å². The van der Waals surface area contributed by atoms with Crippen molar-refractivity contribution in [2.75, 3.05) is 13.2 Å². The third-order valence-corrected chi connectivity index (χ3v) is 12.9. The van der Waals surface area contributed by atoms with Crippen molar-refractivity contribution in [1.29, 1.82) is 0 Å². The molecule has 1 saturated carbocycles. The first-order valence-electron chi connectivity index (χ1n) is 24.8. The number of unbranched alkanes of at least 4 members (excludes halogenated alkanes) is 30. The van der Waals surface area contributed by atoms with Gasteiger partial charge in [-0.15, -0.1) is 0 Å². The number of phosphoric acid groups is 1. The molecule has 0 heterocycles. The van der Waals surface area contributed by atoms with Crippen LogP contribution in [0.2, 0.25) is 0 Å². The molecule has 0 spiro atoms. The maximum Gasteiger partial charge on any atom is 0.472 e. The Morgan fingerprint density at radius 1 is 0.443 bits per heavy atom. The lowest BCUT2D eigenvalue weighted by Crippen LogP contribution is -2.64. The highest BCUT2D eigenvalue weighted by Crippen LogP contribution is 2.47. The number of rotatable bonds is 42. The molecule has 1 fully saturated rings. The number of ether oxygens (including phenoxy) is 2. The molecule has 0 amide bonds. The van der Waals surface area contributed by atoms with Crippen LogP contribution >= 0.6 is 7.82 Å². The van der Waals surface area contributed by atoms with E-state index in [2.05, 4.69) is 13.8 Å². The van der Waals surface area contributed by atoms with E-state index in [0.29, 0.717) is 12.8 Å². The Kier molecular flexibility index (Phi) is 36.2. The summed E-state index contributed by atoms with van der Waals surface area (Å²) in [5.41, 5.74) is 0. The predicted molar refractivity (Wildman–Crippen MR) is 240 cm³/mol. The molecule has 1 aliphatic carbocycles. The molecule has 0 aromatic rings. The number of aliphatic hydroxyl groups excluding tert-OH is 5. The van der Waals surface area contributed by atoms with Gasteiger partial charge < -0.3 is 39.9 Å². The Morgan fingerprint density at radius 3 is 1.08 bits per heavy atom. The molecule has 8 atom stereocenters. The van der Waals surface area contributed by atoms with Gasteiger partial charge in [-0.2, -0.15) is 0 Å². The Hall–Kier alpha value is -1.15. The third-order valence-electron chi connectivity index (χ3n) is 11.9. The second-order valence-corrected chi connectivity index (χ2v) is 19.1. The van der Waals surface area contributed by atoms with Gasteiger partial charge in [0.25, 0.3) is 0 Å². The van der Waals surface area contributed by atoms with Crippen LogP contribution in [0.1, 0.15) is 232 Å². The molecule has 0 radical (unpaired) electrons. The number of aliphatic hydroxyl groups is 5. The van der Waals surface area contributed by atoms with Crippen LogP contribution in [0.15, 0.2) is 0 Å². The SMILES string of the molecule is CCCCCCCCCCCCCCCCCCCCC(=O)O[C@H](COC(=O)CCCCCCCCCCCCCCCC)COP(=O)(O)OC1C(O)C(O)C(O)[C@@H](O)C1O. The van der Waals surface area contributed by atoms with E-state index in [1.165, 1.54) is 154 Å². The number of carbonyl (C=O) groups excluding carboxylic acids is 2. The van der Waals surface area contributed by atoms with Gasteiger partial charge in [0, 0.05) is 12.8 Å². The van der Waals surface area contributed by atoms with Crippen LogP contribution in [-0.4, -0.2) is 98.3 Å². The Labute approximate surface area is 370 Å². The number of hydrogen-bond acceptors (Lipinski definition) is 12. The lowest BCUT2D eigenvalue weighted by Gasteiger charge is -2.41. The number of carbonyl (C=O) groups is 2. The predicted octanol–water partition coefficient (Wildman–Crippen LogP) is 10.1. The first-order valence-corrected chi connectivity index (χ1v) is 26.3. The van der Waals surface area contributed by atoms with Crippen molar-refractivity contribution >= 4 is 19.8 Å². The molecule has 61 heavy (non-hydrogen) atoms. The van der Waals surface area contributed by atoms with Crippen molar-refractivity contribution < 1.29 is 63.1 Å². The van der Waals surface area contributed by atoms with Crippen molar-refractivity contribution in [1.82, 2.24) is 0 Å². The van der Waals surface area contributed by atoms with E-state index in [0.717, 1.165) is 38.5 Å². The normalized spacial score (nSPS) is 21.9. The zero-order valence-electron chi connectivity index (χ0n) is 38.5. The summed E-state index contributed by atoms with van der Waals surface area (Å²) in [5.74, 6) is -1.08. The maximum atomic E-state index is 12.8. The molecule has 0 aromatic heterocycles. The van der Waals surface area contributed by atoms with Crippen LogP contribution in [0.3, 0.4) is 0 Å². The Balaban J connectivity index is 2.40. The molecule has 6 unspecified atom stereocenters. The average Bonchev–Trinajstić information content (AvgIpc) is 3.24. The standard InChI is InChI=1S/C47H91O13P/c1-3-5-7-9-11-13-15-17-19-20-21-22-24-26-28-30-32-34-36-41(49)59-39(38-58-61(55,56)60-47-45(53)43(51)42(50)44(52)46(47)54)37-57-40(48)35-33-31-29-27-25-23-18-16-14-12-10-8-6-4-2/h39,42-47,50-54H,3-38H2,1-2H3,(H,55,56)/t39-,42?,43-,44?,45?,46?,47?/m1/s1. The molecular formula is C47H91O13P. The monoisotopic (exact) mass is 895 g/mol. The molecular weight excluding hydrogens is 803 g/mol. The quantitative estimate of drug-likeness (QED) is 0.0192. The Bertz CT molecular complexity index is 1080. The molecule has 0 aromatic carbocycles. The number of esters is 2. The molecule has 14 heteroatoms. The van der Waals surface area contributed by atoms with E-state index < -0.39 is 75.7 Å². The summed E-state index contributed by atoms with van der Waals surface area (Å²) in [7, 11) is -5.11. The molecule has 0 bridgehead atoms. The fourth-order valence-electron chi connectivity index (χ4n) is 7.94. The van der Waals surface area contributed by atoms with Gasteiger partial charge in [-0.3, -0.25) is 18.6 Å². The van der Waals surface area contributed by atoms with Crippen LogP contribution in [-0.2, 0) is 32.7 Å². The van der Waals surface area contributed by atoms with Gasteiger partial charge in [0.2, 0.25) is 0 Å². The summed E-state index contributed by atoms with van der Waals surface area (Å²) in [4.78, 5) is 35.7. The second-order valence-electron chi connectivity index (χ2n) is 17.7. The summed E-state index contributed by atoms with van der Waals surface area (Å²) >= 11 is 0. The fourth-order valence-corrected chi connectivity index (χ4v) is 8.91. The number of hydrogen-bond donors (Lipinski definition) is 6. The summed E-state index contributed by atoms with van der Waals surface area (Å²) in [5, 5.41) is 50.2. The summed E-state index contributed by atoms with van der Waals surface area (Å²) < 4.78 is 33.6. The van der Waals surface area contributed by atoms with Gasteiger partial charge in [0.15, 0.2) is 6.10 Å². The highest BCUT2D eigenvalue weighted by molar-refractivity contribution is 7.47.